The molecule has 76 valence electrons. The molecule has 0 unspecified atom stereocenters. The molecule has 1 aromatic carbocycles. The van der Waals surface area contributed by atoms with E-state index in [1.165, 1.54) is 6.08 Å². The Labute approximate surface area is 88.5 Å². The zero-order valence-electron chi connectivity index (χ0n) is 8.20. The predicted octanol–water partition coefficient (Wildman–Crippen LogP) is 1.61. The molecule has 0 aliphatic heterocycles. The predicted molar refractivity (Wildman–Crippen MR) is 60.4 cm³/mol. The monoisotopic (exact) mass is 200 g/mol. The van der Waals surface area contributed by atoms with Crippen LogP contribution in [0.2, 0.25) is 0 Å². The van der Waals surface area contributed by atoms with Crippen LogP contribution in [0.1, 0.15) is 5.56 Å². The third-order valence-corrected chi connectivity index (χ3v) is 1.81. The highest BCUT2D eigenvalue weighted by atomic mass is 14.8. The Kier molecular flexibility index (Phi) is 4.07. The van der Waals surface area contributed by atoms with Crippen LogP contribution in [0.5, 0.6) is 0 Å². The van der Waals surface area contributed by atoms with Crippen LogP contribution in [-0.4, -0.2) is 5.71 Å². The molecule has 0 aliphatic carbocycles. The summed E-state index contributed by atoms with van der Waals surface area (Å²) in [6.07, 6.45) is 2.96. The molecule has 4 N–H and O–H groups in total. The van der Waals surface area contributed by atoms with Gasteiger partial charge in [-0.2, -0.15) is 5.26 Å². The lowest BCUT2D eigenvalue weighted by atomic mass is 10.2. The van der Waals surface area contributed by atoms with E-state index in [9.17, 15) is 0 Å². The second kappa shape index (κ2) is 5.58. The van der Waals surface area contributed by atoms with Crippen molar-refractivity contribution in [3.05, 3.63) is 42.1 Å². The molecule has 0 heterocycles. The summed E-state index contributed by atoms with van der Waals surface area (Å²) in [6.45, 7) is 0.523. The van der Waals surface area contributed by atoms with E-state index in [4.69, 9.17) is 16.4 Å². The minimum Gasteiger partial charge on any atom is -0.362 e. The Hall–Kier alpha value is -2.12. The van der Waals surface area contributed by atoms with Crippen molar-refractivity contribution in [3.63, 3.8) is 0 Å². The highest BCUT2D eigenvalue weighted by molar-refractivity contribution is 6.04. The molecule has 0 radical (unpaired) electrons. The first-order valence-electron chi connectivity index (χ1n) is 4.47. The standard InChI is InChI=1S/C11H12N4/c12-7-9-1-3-11(4-2-9)15-6-5-10(14)8-13/h1-6,14-15H,7,12H2/b6-5-,14-10?. The van der Waals surface area contributed by atoms with Crippen molar-refractivity contribution in [1.29, 1.82) is 10.7 Å². The van der Waals surface area contributed by atoms with E-state index in [1.807, 2.05) is 24.3 Å². The molecule has 4 heteroatoms. The van der Waals surface area contributed by atoms with Crippen molar-refractivity contribution in [1.82, 2.24) is 0 Å². The van der Waals surface area contributed by atoms with Gasteiger partial charge >= 0.3 is 0 Å². The van der Waals surface area contributed by atoms with E-state index >= 15 is 0 Å². The number of benzene rings is 1. The van der Waals surface area contributed by atoms with Gasteiger partial charge in [0.15, 0.2) is 0 Å². The van der Waals surface area contributed by atoms with Crippen molar-refractivity contribution < 1.29 is 0 Å². The van der Waals surface area contributed by atoms with E-state index in [2.05, 4.69) is 5.32 Å². The van der Waals surface area contributed by atoms with E-state index in [1.54, 1.807) is 12.3 Å². The van der Waals surface area contributed by atoms with E-state index in [0.29, 0.717) is 6.54 Å². The van der Waals surface area contributed by atoms with Gasteiger partial charge < -0.3 is 11.1 Å². The van der Waals surface area contributed by atoms with Crippen LogP contribution in [0.4, 0.5) is 5.69 Å². The fourth-order valence-electron chi connectivity index (χ4n) is 0.996. The number of nitrogens with two attached hydrogens (primary N) is 1. The van der Waals surface area contributed by atoms with Crippen LogP contribution in [-0.2, 0) is 6.54 Å². The summed E-state index contributed by atoms with van der Waals surface area (Å²) in [5, 5.41) is 18.3. The molecule has 0 saturated carbocycles. The average Bonchev–Trinajstić information content (AvgIpc) is 2.29. The van der Waals surface area contributed by atoms with Crippen LogP contribution < -0.4 is 11.1 Å². The molecule has 0 aromatic heterocycles. The Morgan fingerprint density at radius 2 is 2.13 bits per heavy atom. The Morgan fingerprint density at radius 1 is 1.47 bits per heavy atom. The second-order valence-corrected chi connectivity index (χ2v) is 2.90. The SMILES string of the molecule is N#CC(=N)/C=C\Nc1ccc(CN)cc1. The fraction of sp³-hybridized carbons (Fsp3) is 0.0909. The van der Waals surface area contributed by atoms with Crippen LogP contribution in [0.15, 0.2) is 36.5 Å². The third kappa shape index (κ3) is 3.63. The lowest BCUT2D eigenvalue weighted by Gasteiger charge is -2.01. The molecular weight excluding hydrogens is 188 g/mol. The van der Waals surface area contributed by atoms with E-state index < -0.39 is 0 Å². The minimum atomic E-state index is -0.0823. The van der Waals surface area contributed by atoms with Gasteiger partial charge in [-0.25, -0.2) is 0 Å². The maximum absolute atomic E-state index is 8.33. The molecule has 1 aromatic rings. The lowest BCUT2D eigenvalue weighted by Crippen LogP contribution is -1.96. The topological polar surface area (TPSA) is 85.7 Å². The molecule has 15 heavy (non-hydrogen) atoms. The molecule has 4 nitrogen and oxygen atoms in total. The summed E-state index contributed by atoms with van der Waals surface area (Å²) in [5.41, 5.74) is 7.34. The highest BCUT2D eigenvalue weighted by Gasteiger charge is 1.90. The maximum Gasteiger partial charge on any atom is 0.133 e. The Morgan fingerprint density at radius 3 is 2.67 bits per heavy atom. The van der Waals surface area contributed by atoms with Crippen molar-refractivity contribution in [2.24, 2.45) is 5.73 Å². The highest BCUT2D eigenvalue weighted by Crippen LogP contribution is 2.08. The van der Waals surface area contributed by atoms with Crippen molar-refractivity contribution in [2.45, 2.75) is 6.54 Å². The summed E-state index contributed by atoms with van der Waals surface area (Å²) in [5.74, 6) is 0. The summed E-state index contributed by atoms with van der Waals surface area (Å²) >= 11 is 0. The van der Waals surface area contributed by atoms with Crippen molar-refractivity contribution in [3.8, 4) is 6.07 Å². The van der Waals surface area contributed by atoms with Gasteiger partial charge in [0.1, 0.15) is 11.8 Å². The van der Waals surface area contributed by atoms with Gasteiger partial charge in [-0.3, -0.25) is 5.41 Å². The fourth-order valence-corrected chi connectivity index (χ4v) is 0.996. The number of nitrogens with one attached hydrogen (secondary N) is 2. The first kappa shape index (κ1) is 11.0. The number of hydrogen-bond acceptors (Lipinski definition) is 4. The van der Waals surface area contributed by atoms with Crippen LogP contribution in [0.3, 0.4) is 0 Å². The van der Waals surface area contributed by atoms with Gasteiger partial charge in [0.2, 0.25) is 0 Å². The van der Waals surface area contributed by atoms with Gasteiger partial charge in [0.25, 0.3) is 0 Å². The Balaban J connectivity index is 2.55. The van der Waals surface area contributed by atoms with Crippen molar-refractivity contribution >= 4 is 11.4 Å². The maximum atomic E-state index is 8.33. The molecule has 0 atom stereocenters. The van der Waals surface area contributed by atoms with E-state index in [-0.39, 0.29) is 5.71 Å². The zero-order valence-corrected chi connectivity index (χ0v) is 8.20. The minimum absolute atomic E-state index is 0.0823. The van der Waals surface area contributed by atoms with Crippen LogP contribution in [0, 0.1) is 16.7 Å². The molecular formula is C11H12N4. The molecule has 0 fully saturated rings. The number of rotatable bonds is 4. The zero-order chi connectivity index (χ0) is 11.1. The molecule has 1 rings (SSSR count). The average molecular weight is 200 g/mol. The molecule has 0 aliphatic rings. The van der Waals surface area contributed by atoms with Gasteiger partial charge in [-0.15, -0.1) is 0 Å². The summed E-state index contributed by atoms with van der Waals surface area (Å²) in [6, 6.07) is 9.34. The van der Waals surface area contributed by atoms with Crippen molar-refractivity contribution in [2.75, 3.05) is 5.32 Å². The molecule has 0 bridgehead atoms. The van der Waals surface area contributed by atoms with Gasteiger partial charge in [0, 0.05) is 18.4 Å². The van der Waals surface area contributed by atoms with E-state index in [0.717, 1.165) is 11.3 Å². The third-order valence-electron chi connectivity index (χ3n) is 1.81. The summed E-state index contributed by atoms with van der Waals surface area (Å²) in [7, 11) is 0. The Bertz CT molecular complexity index is 398. The molecule has 0 amide bonds. The van der Waals surface area contributed by atoms with Gasteiger partial charge in [-0.05, 0) is 23.8 Å². The molecule has 0 saturated heterocycles. The first-order chi connectivity index (χ1) is 7.26. The van der Waals surface area contributed by atoms with Crippen LogP contribution in [0.25, 0.3) is 0 Å². The van der Waals surface area contributed by atoms with Gasteiger partial charge in [0.05, 0.1) is 0 Å². The first-order valence-corrected chi connectivity index (χ1v) is 4.47. The number of allylic oxidation sites excluding steroid dienone is 1. The van der Waals surface area contributed by atoms with Crippen LogP contribution >= 0.6 is 0 Å². The number of anilines is 1. The molecule has 0 spiro atoms. The lowest BCUT2D eigenvalue weighted by molar-refractivity contribution is 1.07. The summed E-state index contributed by atoms with van der Waals surface area (Å²) in [4.78, 5) is 0. The number of hydrogen-bond donors (Lipinski definition) is 3. The van der Waals surface area contributed by atoms with Gasteiger partial charge in [-0.1, -0.05) is 12.1 Å². The normalized spacial score (nSPS) is 9.87. The number of nitriles is 1. The summed E-state index contributed by atoms with van der Waals surface area (Å²) < 4.78 is 0. The largest absolute Gasteiger partial charge is 0.362 e. The quantitative estimate of drug-likeness (QED) is 0.645. The second-order valence-electron chi connectivity index (χ2n) is 2.90. The smallest absolute Gasteiger partial charge is 0.133 e. The number of nitrogens with zero attached hydrogens (tertiary/aromatic N) is 1.